The van der Waals surface area contributed by atoms with Crippen LogP contribution < -0.4 is 0 Å². The number of aromatic nitrogens is 6. The van der Waals surface area contributed by atoms with Crippen LogP contribution >= 0.6 is 23.1 Å². The van der Waals surface area contributed by atoms with E-state index in [-0.39, 0.29) is 5.69 Å². The maximum absolute atomic E-state index is 11.0. The summed E-state index contributed by atoms with van der Waals surface area (Å²) in [5.41, 5.74) is 2.15. The van der Waals surface area contributed by atoms with E-state index in [0.29, 0.717) is 28.1 Å². The Labute approximate surface area is 201 Å². The van der Waals surface area contributed by atoms with E-state index in [1.165, 1.54) is 28.6 Å². The third kappa shape index (κ3) is 4.77. The maximum Gasteiger partial charge on any atom is 0.271 e. The van der Waals surface area contributed by atoms with Crippen LogP contribution in [0.2, 0.25) is 0 Å². The summed E-state index contributed by atoms with van der Waals surface area (Å²) in [6.07, 6.45) is 3.52. The fourth-order valence-electron chi connectivity index (χ4n) is 3.08. The van der Waals surface area contributed by atoms with Gasteiger partial charge in [-0.05, 0) is 17.5 Å². The van der Waals surface area contributed by atoms with Crippen molar-refractivity contribution in [2.45, 2.75) is 10.9 Å². The van der Waals surface area contributed by atoms with Crippen molar-refractivity contribution < 1.29 is 4.92 Å². The first kappa shape index (κ1) is 21.7. The normalized spacial score (nSPS) is 11.3. The van der Waals surface area contributed by atoms with E-state index in [1.807, 2.05) is 47.8 Å². The minimum absolute atomic E-state index is 0.00549. The van der Waals surface area contributed by atoms with Crippen LogP contribution in [0.5, 0.6) is 0 Å². The Balaban J connectivity index is 1.38. The van der Waals surface area contributed by atoms with Gasteiger partial charge in [-0.3, -0.25) is 10.1 Å². The van der Waals surface area contributed by atoms with Gasteiger partial charge in [-0.25, -0.2) is 4.68 Å². The van der Waals surface area contributed by atoms with Gasteiger partial charge in [0.25, 0.3) is 5.69 Å². The van der Waals surface area contributed by atoms with Crippen molar-refractivity contribution in [3.63, 3.8) is 0 Å². The number of thioether (sulfide) groups is 1. The van der Waals surface area contributed by atoms with Gasteiger partial charge in [-0.2, -0.15) is 9.78 Å². The number of nitro groups is 1. The van der Waals surface area contributed by atoms with E-state index < -0.39 is 4.92 Å². The van der Waals surface area contributed by atoms with Crippen molar-refractivity contribution in [1.29, 1.82) is 0 Å². The average Bonchev–Trinajstić information content (AvgIpc) is 3.63. The predicted octanol–water partition coefficient (Wildman–Crippen LogP) is 4.67. The Hall–Kier alpha value is -4.16. The lowest BCUT2D eigenvalue weighted by Crippen LogP contribution is -1.97. The fraction of sp³-hybridized carbons (Fsp3) is 0.0455. The molecular weight excluding hydrogens is 472 g/mol. The molecule has 10 nitrogen and oxygen atoms in total. The second-order valence-corrected chi connectivity index (χ2v) is 8.89. The molecule has 0 aliphatic carbocycles. The molecular formula is C22H16N8O2S2. The monoisotopic (exact) mass is 488 g/mol. The summed E-state index contributed by atoms with van der Waals surface area (Å²) in [5, 5.41) is 35.3. The minimum Gasteiger partial charge on any atom is -0.258 e. The van der Waals surface area contributed by atoms with Crippen LogP contribution in [0.1, 0.15) is 10.6 Å². The summed E-state index contributed by atoms with van der Waals surface area (Å²) in [6.45, 7) is 0. The Morgan fingerprint density at radius 2 is 1.94 bits per heavy atom. The molecule has 5 aromatic rings. The summed E-state index contributed by atoms with van der Waals surface area (Å²) in [7, 11) is 0. The van der Waals surface area contributed by atoms with Crippen LogP contribution in [-0.4, -0.2) is 41.0 Å². The second-order valence-electron chi connectivity index (χ2n) is 6.96. The lowest BCUT2D eigenvalue weighted by Gasteiger charge is -2.03. The van der Waals surface area contributed by atoms with E-state index in [1.54, 1.807) is 40.6 Å². The largest absolute Gasteiger partial charge is 0.271 e. The molecule has 0 bridgehead atoms. The van der Waals surface area contributed by atoms with Crippen molar-refractivity contribution >= 4 is 35.0 Å². The Morgan fingerprint density at radius 1 is 1.06 bits per heavy atom. The standard InChI is InChI=1S/C22H16N8O2S2/c31-30(32)19-9-4-8-18(12-19)28-14-17(24-27-28)15-34-22-26-25-21(16-6-2-1-3-7-16)29(22)23-13-20-10-5-11-33-20/h1-14H,15H2/b23-13+. The molecule has 3 aromatic heterocycles. The van der Waals surface area contributed by atoms with Gasteiger partial charge in [-0.15, -0.1) is 26.6 Å². The fourth-order valence-corrected chi connectivity index (χ4v) is 4.43. The molecule has 0 aliphatic rings. The number of hydrogen-bond donors (Lipinski definition) is 0. The molecule has 0 atom stereocenters. The number of benzene rings is 2. The lowest BCUT2D eigenvalue weighted by molar-refractivity contribution is -0.384. The van der Waals surface area contributed by atoms with Crippen molar-refractivity contribution in [3.05, 3.63) is 99.0 Å². The van der Waals surface area contributed by atoms with Gasteiger partial charge in [0.15, 0.2) is 5.82 Å². The molecule has 168 valence electrons. The van der Waals surface area contributed by atoms with Crippen molar-refractivity contribution in [2.75, 3.05) is 0 Å². The summed E-state index contributed by atoms with van der Waals surface area (Å²) in [5.74, 6) is 1.10. The molecule has 0 saturated heterocycles. The Bertz CT molecular complexity index is 1440. The highest BCUT2D eigenvalue weighted by Gasteiger charge is 2.15. The molecule has 0 fully saturated rings. The third-order valence-electron chi connectivity index (χ3n) is 4.68. The quantitative estimate of drug-likeness (QED) is 0.135. The van der Waals surface area contributed by atoms with E-state index in [2.05, 4.69) is 25.6 Å². The topological polar surface area (TPSA) is 117 Å². The highest BCUT2D eigenvalue weighted by Crippen LogP contribution is 2.26. The zero-order chi connectivity index (χ0) is 23.3. The Morgan fingerprint density at radius 3 is 2.74 bits per heavy atom. The summed E-state index contributed by atoms with van der Waals surface area (Å²) in [6, 6.07) is 19.9. The molecule has 0 aliphatic heterocycles. The van der Waals surface area contributed by atoms with E-state index in [9.17, 15) is 10.1 Å². The average molecular weight is 489 g/mol. The third-order valence-corrected chi connectivity index (χ3v) is 6.44. The molecule has 2 aromatic carbocycles. The second kappa shape index (κ2) is 9.77. The molecule has 0 amide bonds. The van der Waals surface area contributed by atoms with Gasteiger partial charge < -0.3 is 0 Å². The van der Waals surface area contributed by atoms with Crippen LogP contribution in [-0.2, 0) is 5.75 Å². The molecule has 0 radical (unpaired) electrons. The predicted molar refractivity (Wildman–Crippen MR) is 130 cm³/mol. The maximum atomic E-state index is 11.0. The van der Waals surface area contributed by atoms with Crippen LogP contribution in [0.3, 0.4) is 0 Å². The molecule has 0 unspecified atom stereocenters. The van der Waals surface area contributed by atoms with Gasteiger partial charge in [0.1, 0.15) is 0 Å². The highest BCUT2D eigenvalue weighted by atomic mass is 32.2. The number of hydrogen-bond acceptors (Lipinski definition) is 9. The first-order valence-corrected chi connectivity index (χ1v) is 11.9. The van der Waals surface area contributed by atoms with Gasteiger partial charge >= 0.3 is 0 Å². The Kier molecular flexibility index (Phi) is 6.23. The zero-order valence-electron chi connectivity index (χ0n) is 17.5. The summed E-state index contributed by atoms with van der Waals surface area (Å²) in [4.78, 5) is 11.6. The lowest BCUT2D eigenvalue weighted by atomic mass is 10.2. The molecule has 0 spiro atoms. The van der Waals surface area contributed by atoms with Gasteiger partial charge in [0.2, 0.25) is 5.16 Å². The van der Waals surface area contributed by atoms with Gasteiger partial charge in [0, 0.05) is 28.3 Å². The van der Waals surface area contributed by atoms with Crippen LogP contribution in [0.15, 0.2) is 88.6 Å². The SMILES string of the molecule is O=[N+]([O-])c1cccc(-n2cc(CSc3nnc(-c4ccccc4)n3/N=C/c3cccs3)nn2)c1. The van der Waals surface area contributed by atoms with Gasteiger partial charge in [0.05, 0.1) is 28.7 Å². The zero-order valence-corrected chi connectivity index (χ0v) is 19.1. The van der Waals surface area contributed by atoms with Crippen molar-refractivity contribution in [3.8, 4) is 17.1 Å². The highest BCUT2D eigenvalue weighted by molar-refractivity contribution is 7.98. The number of nitro benzene ring substituents is 1. The smallest absolute Gasteiger partial charge is 0.258 e. The van der Waals surface area contributed by atoms with Gasteiger partial charge in [-0.1, -0.05) is 59.4 Å². The van der Waals surface area contributed by atoms with Crippen molar-refractivity contribution in [1.82, 2.24) is 29.9 Å². The number of rotatable bonds is 8. The number of non-ortho nitro benzene ring substituents is 1. The molecule has 3 heterocycles. The molecule has 0 saturated carbocycles. The minimum atomic E-state index is -0.439. The molecule has 34 heavy (non-hydrogen) atoms. The van der Waals surface area contributed by atoms with E-state index in [4.69, 9.17) is 0 Å². The molecule has 0 N–H and O–H groups in total. The summed E-state index contributed by atoms with van der Waals surface area (Å²) >= 11 is 3.02. The number of thiophene rings is 1. The number of nitrogens with zero attached hydrogens (tertiary/aromatic N) is 8. The molecule has 12 heteroatoms. The first-order chi connectivity index (χ1) is 16.7. The van der Waals surface area contributed by atoms with Crippen LogP contribution in [0.25, 0.3) is 17.1 Å². The van der Waals surface area contributed by atoms with E-state index >= 15 is 0 Å². The van der Waals surface area contributed by atoms with Crippen LogP contribution in [0, 0.1) is 10.1 Å². The van der Waals surface area contributed by atoms with Crippen LogP contribution in [0.4, 0.5) is 5.69 Å². The first-order valence-electron chi connectivity index (χ1n) is 10.0. The summed E-state index contributed by atoms with van der Waals surface area (Å²) < 4.78 is 3.22. The van der Waals surface area contributed by atoms with Crippen molar-refractivity contribution in [2.24, 2.45) is 5.10 Å². The van der Waals surface area contributed by atoms with E-state index in [0.717, 1.165) is 10.4 Å². The molecule has 5 rings (SSSR count).